The van der Waals surface area contributed by atoms with Crippen LogP contribution in [0.1, 0.15) is 15.9 Å². The van der Waals surface area contributed by atoms with Crippen molar-refractivity contribution in [2.24, 2.45) is 0 Å². The number of nitrogens with zero attached hydrogens (tertiary/aromatic N) is 2. The normalized spacial score (nSPS) is 11.5. The summed E-state index contributed by atoms with van der Waals surface area (Å²) in [5.41, 5.74) is 1.41. The minimum absolute atomic E-state index is 0.398. The number of rotatable bonds is 3. The van der Waals surface area contributed by atoms with E-state index in [1.54, 1.807) is 24.3 Å². The monoisotopic (exact) mass is 381 g/mol. The molecule has 0 aliphatic carbocycles. The standard InChI is InChI=1S/C21H14F3N3O/c22-21(23,24)17-6-2-1-5-16(17)20(28)25-15-10-8-14(9-11-15)18-13-27-12-4-3-7-19(27)26-18/h1-13H,(H,25,28). The van der Waals surface area contributed by atoms with Gasteiger partial charge in [-0.2, -0.15) is 13.2 Å². The molecule has 0 aliphatic heterocycles. The predicted molar refractivity (Wildman–Crippen MR) is 100 cm³/mol. The Morgan fingerprint density at radius 3 is 2.36 bits per heavy atom. The topological polar surface area (TPSA) is 46.4 Å². The van der Waals surface area contributed by atoms with Crippen molar-refractivity contribution in [1.82, 2.24) is 9.38 Å². The Balaban J connectivity index is 1.56. The van der Waals surface area contributed by atoms with Crippen LogP contribution in [0.2, 0.25) is 0 Å². The van der Waals surface area contributed by atoms with Crippen molar-refractivity contribution in [3.05, 3.63) is 90.3 Å². The van der Waals surface area contributed by atoms with Crippen molar-refractivity contribution >= 4 is 17.2 Å². The van der Waals surface area contributed by atoms with E-state index in [1.807, 2.05) is 35.0 Å². The average Bonchev–Trinajstić information content (AvgIpc) is 3.12. The number of carbonyl (C=O) groups is 1. The highest BCUT2D eigenvalue weighted by molar-refractivity contribution is 6.05. The molecule has 0 aliphatic rings. The number of alkyl halides is 3. The van der Waals surface area contributed by atoms with Crippen LogP contribution in [-0.4, -0.2) is 15.3 Å². The van der Waals surface area contributed by atoms with Crippen LogP contribution in [0.3, 0.4) is 0 Å². The second-order valence-corrected chi connectivity index (χ2v) is 6.17. The third-order valence-electron chi connectivity index (χ3n) is 4.28. The van der Waals surface area contributed by atoms with Crippen LogP contribution in [0.5, 0.6) is 0 Å². The van der Waals surface area contributed by atoms with Crippen molar-refractivity contribution in [3.63, 3.8) is 0 Å². The van der Waals surface area contributed by atoms with Gasteiger partial charge >= 0.3 is 6.18 Å². The molecule has 4 aromatic rings. The number of benzene rings is 2. The Morgan fingerprint density at radius 1 is 0.929 bits per heavy atom. The lowest BCUT2D eigenvalue weighted by Gasteiger charge is -2.12. The van der Waals surface area contributed by atoms with Gasteiger partial charge in [0.2, 0.25) is 0 Å². The first-order valence-electron chi connectivity index (χ1n) is 8.43. The SMILES string of the molecule is O=C(Nc1ccc(-c2cn3ccccc3n2)cc1)c1ccccc1C(F)(F)F. The van der Waals surface area contributed by atoms with E-state index in [1.165, 1.54) is 12.1 Å². The molecule has 0 radical (unpaired) electrons. The molecule has 0 fully saturated rings. The maximum absolute atomic E-state index is 13.1. The molecule has 2 heterocycles. The number of imidazole rings is 1. The molecule has 0 saturated heterocycles. The summed E-state index contributed by atoms with van der Waals surface area (Å²) in [5, 5.41) is 2.51. The van der Waals surface area contributed by atoms with Gasteiger partial charge < -0.3 is 9.72 Å². The fraction of sp³-hybridized carbons (Fsp3) is 0.0476. The number of anilines is 1. The first kappa shape index (κ1) is 17.8. The zero-order chi connectivity index (χ0) is 19.7. The van der Waals surface area contributed by atoms with E-state index in [0.29, 0.717) is 5.69 Å². The van der Waals surface area contributed by atoms with Crippen LogP contribution in [0.25, 0.3) is 16.9 Å². The lowest BCUT2D eigenvalue weighted by atomic mass is 10.1. The zero-order valence-electron chi connectivity index (χ0n) is 14.4. The van der Waals surface area contributed by atoms with Crippen molar-refractivity contribution in [3.8, 4) is 11.3 Å². The molecule has 0 bridgehead atoms. The average molecular weight is 381 g/mol. The molecule has 4 rings (SSSR count). The molecule has 7 heteroatoms. The minimum Gasteiger partial charge on any atom is -0.322 e. The molecule has 1 amide bonds. The summed E-state index contributed by atoms with van der Waals surface area (Å²) in [4.78, 5) is 16.8. The van der Waals surface area contributed by atoms with Crippen molar-refractivity contribution < 1.29 is 18.0 Å². The molecule has 1 N–H and O–H groups in total. The van der Waals surface area contributed by atoms with Gasteiger partial charge in [-0.15, -0.1) is 0 Å². The fourth-order valence-electron chi connectivity index (χ4n) is 2.92. The largest absolute Gasteiger partial charge is 0.417 e. The quantitative estimate of drug-likeness (QED) is 0.525. The van der Waals surface area contributed by atoms with E-state index >= 15 is 0 Å². The molecule has 2 aromatic heterocycles. The number of pyridine rings is 1. The second kappa shape index (κ2) is 6.84. The van der Waals surface area contributed by atoms with Gasteiger partial charge in [0.25, 0.3) is 5.91 Å². The van der Waals surface area contributed by atoms with Crippen LogP contribution >= 0.6 is 0 Å². The second-order valence-electron chi connectivity index (χ2n) is 6.17. The highest BCUT2D eigenvalue weighted by atomic mass is 19.4. The fourth-order valence-corrected chi connectivity index (χ4v) is 2.92. The summed E-state index contributed by atoms with van der Waals surface area (Å²) in [6.45, 7) is 0. The summed E-state index contributed by atoms with van der Waals surface area (Å²) in [6, 6.07) is 17.2. The van der Waals surface area contributed by atoms with Crippen LogP contribution < -0.4 is 5.32 Å². The van der Waals surface area contributed by atoms with Crippen molar-refractivity contribution in [1.29, 1.82) is 0 Å². The highest BCUT2D eigenvalue weighted by Crippen LogP contribution is 2.32. The van der Waals surface area contributed by atoms with Gasteiger partial charge in [-0.25, -0.2) is 4.98 Å². The van der Waals surface area contributed by atoms with Crippen molar-refractivity contribution in [2.75, 3.05) is 5.32 Å². The third-order valence-corrected chi connectivity index (χ3v) is 4.28. The van der Waals surface area contributed by atoms with E-state index in [9.17, 15) is 18.0 Å². The van der Waals surface area contributed by atoms with Crippen LogP contribution in [0.15, 0.2) is 79.1 Å². The van der Waals surface area contributed by atoms with Crippen molar-refractivity contribution in [2.45, 2.75) is 6.18 Å². The molecular weight excluding hydrogens is 367 g/mol. The maximum atomic E-state index is 13.1. The first-order chi connectivity index (χ1) is 13.4. The Hall–Kier alpha value is -3.61. The van der Waals surface area contributed by atoms with E-state index in [0.717, 1.165) is 29.0 Å². The van der Waals surface area contributed by atoms with Gasteiger partial charge in [0, 0.05) is 23.6 Å². The Bertz CT molecular complexity index is 1110. The van der Waals surface area contributed by atoms with E-state index in [-0.39, 0.29) is 0 Å². The molecular formula is C21H14F3N3O. The first-order valence-corrected chi connectivity index (χ1v) is 8.43. The molecule has 0 unspecified atom stereocenters. The Morgan fingerprint density at radius 2 is 1.64 bits per heavy atom. The number of aromatic nitrogens is 2. The lowest BCUT2D eigenvalue weighted by Crippen LogP contribution is -2.18. The zero-order valence-corrected chi connectivity index (χ0v) is 14.4. The maximum Gasteiger partial charge on any atom is 0.417 e. The number of carbonyl (C=O) groups excluding carboxylic acids is 1. The van der Waals surface area contributed by atoms with Gasteiger partial charge in [0.15, 0.2) is 0 Å². The molecule has 0 spiro atoms. The van der Waals surface area contributed by atoms with Gasteiger partial charge in [-0.05, 0) is 36.4 Å². The van der Waals surface area contributed by atoms with E-state index in [2.05, 4.69) is 10.3 Å². The molecule has 4 nitrogen and oxygen atoms in total. The predicted octanol–water partition coefficient (Wildman–Crippen LogP) is 5.27. The van der Waals surface area contributed by atoms with E-state index < -0.39 is 23.2 Å². The molecule has 28 heavy (non-hydrogen) atoms. The smallest absolute Gasteiger partial charge is 0.322 e. The summed E-state index contributed by atoms with van der Waals surface area (Å²) in [7, 11) is 0. The highest BCUT2D eigenvalue weighted by Gasteiger charge is 2.34. The number of fused-ring (bicyclic) bond motifs is 1. The molecule has 0 atom stereocenters. The van der Waals surface area contributed by atoms with Crippen LogP contribution in [0.4, 0.5) is 18.9 Å². The van der Waals surface area contributed by atoms with Gasteiger partial charge in [-0.3, -0.25) is 4.79 Å². The van der Waals surface area contributed by atoms with Gasteiger partial charge in [0.1, 0.15) is 5.65 Å². The molecule has 2 aromatic carbocycles. The molecule has 0 saturated carbocycles. The number of nitrogens with one attached hydrogen (secondary N) is 1. The number of halogens is 3. The Kier molecular flexibility index (Phi) is 4.35. The molecule has 140 valence electrons. The summed E-state index contributed by atoms with van der Waals surface area (Å²) < 4.78 is 41.1. The lowest BCUT2D eigenvalue weighted by molar-refractivity contribution is -0.137. The number of amides is 1. The number of hydrogen-bond donors (Lipinski definition) is 1. The van der Waals surface area contributed by atoms with Crippen LogP contribution in [0, 0.1) is 0 Å². The summed E-state index contributed by atoms with van der Waals surface area (Å²) in [6.07, 6.45) is -0.831. The van der Waals surface area contributed by atoms with Gasteiger partial charge in [0.05, 0.1) is 16.8 Å². The minimum atomic E-state index is -4.60. The summed E-state index contributed by atoms with van der Waals surface area (Å²) in [5.74, 6) is -0.812. The Labute approximate surface area is 158 Å². The summed E-state index contributed by atoms with van der Waals surface area (Å²) >= 11 is 0. The number of hydrogen-bond acceptors (Lipinski definition) is 2. The van der Waals surface area contributed by atoms with E-state index in [4.69, 9.17) is 0 Å². The van der Waals surface area contributed by atoms with Crippen LogP contribution in [-0.2, 0) is 6.18 Å². The van der Waals surface area contributed by atoms with Gasteiger partial charge in [-0.1, -0.05) is 30.3 Å². The third kappa shape index (κ3) is 3.46.